The van der Waals surface area contributed by atoms with Crippen molar-refractivity contribution < 1.29 is 124 Å². The molecule has 4 amide bonds. The molecule has 31 nitrogen and oxygen atoms in total. The average molecular weight is 1560 g/mol. The maximum absolute atomic E-state index is 13.5. The molecule has 0 saturated carbocycles. The van der Waals surface area contributed by atoms with E-state index in [0.717, 1.165) is 0 Å². The summed E-state index contributed by atoms with van der Waals surface area (Å²) in [5.41, 5.74) is -4.75. The van der Waals surface area contributed by atoms with Gasteiger partial charge in [-0.1, -0.05) is 12.8 Å². The first kappa shape index (κ1) is 103. The fraction of sp³-hybridized carbons (Fsp3) is 0.846. The molecule has 0 unspecified atom stereocenters. The highest BCUT2D eigenvalue weighted by atomic mass is 16.6. The van der Waals surface area contributed by atoms with Gasteiger partial charge in [0.1, 0.15) is 63.0 Å². The lowest BCUT2D eigenvalue weighted by molar-refractivity contribution is -0.163. The van der Waals surface area contributed by atoms with Gasteiger partial charge in [-0.05, 0) is 176 Å². The molecular weight excluding hydrogens is 1420 g/mol. The van der Waals surface area contributed by atoms with Gasteiger partial charge in [-0.15, -0.1) is 0 Å². The Hall–Kier alpha value is -6.32. The number of esters is 6. The summed E-state index contributed by atoms with van der Waals surface area (Å²) in [6.07, 6.45) is 4.22. The lowest BCUT2D eigenvalue weighted by atomic mass is 9.89. The number of hydrogen-bond acceptors (Lipinski definition) is 27. The van der Waals surface area contributed by atoms with Crippen molar-refractivity contribution in [3.63, 3.8) is 0 Å². The Morgan fingerprint density at radius 3 is 1.10 bits per heavy atom. The van der Waals surface area contributed by atoms with Crippen LogP contribution in [0.3, 0.4) is 0 Å². The standard InChI is InChI=1S/C78H139N5O26/c1-73(2,3)104-66(89)31-29-58(69(92)107-76(10,11)12)54-61(86)53-57(68(91)106-75(7,8)9)25-20-19-21-26-59(84)33-38-97-42-46-101-50-49-100-45-41-96-37-24-27-60(85)55-79-56-65(88)81-36-40-99-44-48-103-52-51-102-47-43-98-39-34-64(87)80-35-23-22-28-62(70(93)108-77(13,14)15)82-72(95)83-63(71(94)109-78(16,17)18)30-32-67(90)105-74(4,5)6/h57-58,62-63,79H,19-56H2,1-18H3,(H,80,87)(H,81,88)(H2,82,83,95)/t57-,58-,62+,63+/m1/s1. The molecule has 0 fully saturated rings. The van der Waals surface area contributed by atoms with Crippen molar-refractivity contribution in [2.45, 2.75) is 286 Å². The van der Waals surface area contributed by atoms with Crippen molar-refractivity contribution in [1.82, 2.24) is 26.6 Å². The van der Waals surface area contributed by atoms with E-state index in [4.69, 9.17) is 66.3 Å². The second-order valence-electron chi connectivity index (χ2n) is 32.4. The molecule has 0 aliphatic heterocycles. The van der Waals surface area contributed by atoms with Crippen LogP contribution in [0.4, 0.5) is 4.79 Å². The molecule has 0 radical (unpaired) electrons. The number of urea groups is 1. The molecule has 0 bridgehead atoms. The van der Waals surface area contributed by atoms with Gasteiger partial charge in [0, 0.05) is 71.1 Å². The Kier molecular flexibility index (Phi) is 53.5. The predicted molar refractivity (Wildman–Crippen MR) is 405 cm³/mol. The van der Waals surface area contributed by atoms with E-state index in [0.29, 0.717) is 144 Å². The number of rotatable bonds is 62. The molecule has 0 aromatic carbocycles. The number of amides is 4. The minimum atomic E-state index is -1.21. The Balaban J connectivity index is 4.08. The van der Waals surface area contributed by atoms with E-state index in [-0.39, 0.29) is 133 Å². The van der Waals surface area contributed by atoms with Crippen molar-refractivity contribution in [1.29, 1.82) is 0 Å². The van der Waals surface area contributed by atoms with Crippen LogP contribution < -0.4 is 26.6 Å². The third-order valence-electron chi connectivity index (χ3n) is 14.5. The SMILES string of the molecule is CC(C)(C)OC(=O)CC[C@H](CC(=O)C[C@@H](CCCCCC(=O)CCOCCOCCOCCOCCCC(=O)CNCC(=O)NCCOCCOCCOCCOCCC(=O)NCCCC[C@H](NC(=O)N[C@@H](CCC(=O)OC(C)(C)C)C(=O)OC(C)(C)C)C(=O)OC(C)(C)C)C(=O)OC(C)(C)C)C(=O)OC(C)(C)C. The summed E-state index contributed by atoms with van der Waals surface area (Å²) in [5, 5.41) is 13.5. The van der Waals surface area contributed by atoms with E-state index in [1.807, 2.05) is 0 Å². The lowest BCUT2D eigenvalue weighted by Gasteiger charge is -2.27. The Labute approximate surface area is 648 Å². The van der Waals surface area contributed by atoms with Gasteiger partial charge in [-0.2, -0.15) is 0 Å². The van der Waals surface area contributed by atoms with E-state index < -0.39 is 99.4 Å². The monoisotopic (exact) mass is 1560 g/mol. The van der Waals surface area contributed by atoms with E-state index in [1.165, 1.54) is 0 Å². The number of carbonyl (C=O) groups is 12. The van der Waals surface area contributed by atoms with Crippen LogP contribution in [-0.4, -0.2) is 249 Å². The topological polar surface area (TPSA) is 394 Å². The zero-order valence-electron chi connectivity index (χ0n) is 69.3. The van der Waals surface area contributed by atoms with Gasteiger partial charge in [0.2, 0.25) is 11.8 Å². The maximum Gasteiger partial charge on any atom is 0.329 e. The summed E-state index contributed by atoms with van der Waals surface area (Å²) in [5.74, 6) is -6.01. The molecule has 0 rings (SSSR count). The van der Waals surface area contributed by atoms with Crippen LogP contribution in [0.5, 0.6) is 0 Å². The fourth-order valence-electron chi connectivity index (χ4n) is 9.73. The molecule has 0 saturated heterocycles. The third-order valence-corrected chi connectivity index (χ3v) is 14.5. The first-order valence-electron chi connectivity index (χ1n) is 38.6. The van der Waals surface area contributed by atoms with E-state index >= 15 is 0 Å². The molecule has 0 heterocycles. The second-order valence-corrected chi connectivity index (χ2v) is 32.4. The lowest BCUT2D eigenvalue weighted by Crippen LogP contribution is -2.53. The molecule has 632 valence electrons. The summed E-state index contributed by atoms with van der Waals surface area (Å²) in [6.45, 7) is 36.6. The van der Waals surface area contributed by atoms with Crippen LogP contribution in [0.2, 0.25) is 0 Å². The average Bonchev–Trinajstić information content (AvgIpc) is 0.877. The van der Waals surface area contributed by atoms with Crippen LogP contribution in [0, 0.1) is 11.8 Å². The third kappa shape index (κ3) is 66.0. The Bertz CT molecular complexity index is 2480. The molecule has 0 aromatic rings. The van der Waals surface area contributed by atoms with Crippen molar-refractivity contribution >= 4 is 71.0 Å². The molecule has 109 heavy (non-hydrogen) atoms. The van der Waals surface area contributed by atoms with Crippen molar-refractivity contribution in [3.05, 3.63) is 0 Å². The first-order chi connectivity index (χ1) is 50.8. The number of hydrogen-bond donors (Lipinski definition) is 5. The van der Waals surface area contributed by atoms with Crippen molar-refractivity contribution in [2.24, 2.45) is 11.8 Å². The van der Waals surface area contributed by atoms with Crippen LogP contribution >= 0.6 is 0 Å². The fourth-order valence-corrected chi connectivity index (χ4v) is 9.73. The minimum Gasteiger partial charge on any atom is -0.460 e. The molecule has 0 aliphatic rings. The molecule has 0 spiro atoms. The summed E-state index contributed by atoms with van der Waals surface area (Å²) >= 11 is 0. The summed E-state index contributed by atoms with van der Waals surface area (Å²) in [4.78, 5) is 154. The molecule has 5 N–H and O–H groups in total. The van der Waals surface area contributed by atoms with Gasteiger partial charge >= 0.3 is 41.8 Å². The normalized spacial score (nSPS) is 13.2. The Morgan fingerprint density at radius 1 is 0.275 bits per heavy atom. The van der Waals surface area contributed by atoms with Crippen molar-refractivity contribution in [2.75, 3.05) is 132 Å². The number of ether oxygens (including phenoxy) is 14. The maximum atomic E-state index is 13.5. The Morgan fingerprint density at radius 2 is 0.642 bits per heavy atom. The number of nitrogens with one attached hydrogen (secondary N) is 5. The van der Waals surface area contributed by atoms with Gasteiger partial charge < -0.3 is 92.9 Å². The van der Waals surface area contributed by atoms with Crippen LogP contribution in [-0.2, 0) is 119 Å². The van der Waals surface area contributed by atoms with Gasteiger partial charge in [-0.3, -0.25) is 43.2 Å². The van der Waals surface area contributed by atoms with E-state index in [2.05, 4.69) is 26.6 Å². The molecular formula is C78H139N5O26. The van der Waals surface area contributed by atoms with Crippen LogP contribution in [0.1, 0.15) is 240 Å². The first-order valence-corrected chi connectivity index (χ1v) is 38.6. The van der Waals surface area contributed by atoms with Crippen LogP contribution in [0.15, 0.2) is 0 Å². The molecule has 0 aromatic heterocycles. The highest BCUT2D eigenvalue weighted by Gasteiger charge is 2.34. The molecule has 0 aliphatic carbocycles. The highest BCUT2D eigenvalue weighted by Crippen LogP contribution is 2.26. The van der Waals surface area contributed by atoms with Crippen LogP contribution in [0.25, 0.3) is 0 Å². The number of unbranched alkanes of at least 4 members (excludes halogenated alkanes) is 3. The number of ketones is 3. The second kappa shape index (κ2) is 56.8. The smallest absolute Gasteiger partial charge is 0.329 e. The largest absolute Gasteiger partial charge is 0.460 e. The summed E-state index contributed by atoms with van der Waals surface area (Å²) in [6, 6.07) is -3.13. The summed E-state index contributed by atoms with van der Waals surface area (Å²) < 4.78 is 77.2. The van der Waals surface area contributed by atoms with Gasteiger partial charge in [0.05, 0.1) is 124 Å². The quantitative estimate of drug-likeness (QED) is 0.0219. The minimum absolute atomic E-state index is 0.0188. The van der Waals surface area contributed by atoms with E-state index in [9.17, 15) is 57.5 Å². The number of carbonyl (C=O) groups excluding carboxylic acids is 12. The zero-order chi connectivity index (χ0) is 82.5. The zero-order valence-corrected chi connectivity index (χ0v) is 69.3. The summed E-state index contributed by atoms with van der Waals surface area (Å²) in [7, 11) is 0. The number of Topliss-reactive ketones (excluding diaryl/α,β-unsaturated/α-hetero) is 3. The van der Waals surface area contributed by atoms with Gasteiger partial charge in [0.15, 0.2) is 0 Å². The molecule has 4 atom stereocenters. The van der Waals surface area contributed by atoms with Gasteiger partial charge in [-0.25, -0.2) is 14.4 Å². The molecule has 31 heteroatoms. The predicted octanol–water partition coefficient (Wildman–Crippen LogP) is 7.99. The van der Waals surface area contributed by atoms with Crippen molar-refractivity contribution in [3.8, 4) is 0 Å². The van der Waals surface area contributed by atoms with Gasteiger partial charge in [0.25, 0.3) is 0 Å². The highest BCUT2D eigenvalue weighted by molar-refractivity contribution is 5.89. The van der Waals surface area contributed by atoms with E-state index in [1.54, 1.807) is 125 Å².